The molecule has 3 N–H and O–H groups in total. The SMILES string of the molecule is CCN.CCn1cc(C(=O)O)c(=O)cc1-c1cccc(C(F)(F)F)c1. The summed E-state index contributed by atoms with van der Waals surface area (Å²) in [6, 6.07) is 5.59. The van der Waals surface area contributed by atoms with Crippen molar-refractivity contribution < 1.29 is 23.1 Å². The minimum Gasteiger partial charge on any atom is -0.477 e. The number of halogens is 3. The first-order chi connectivity index (χ1) is 11.6. The monoisotopic (exact) mass is 356 g/mol. The van der Waals surface area contributed by atoms with Crippen LogP contribution in [0.3, 0.4) is 0 Å². The fraction of sp³-hybridized carbons (Fsp3) is 0.294. The van der Waals surface area contributed by atoms with Gasteiger partial charge in [0.1, 0.15) is 5.56 Å². The molecule has 8 heteroatoms. The van der Waals surface area contributed by atoms with Crippen molar-refractivity contribution in [3.63, 3.8) is 0 Å². The van der Waals surface area contributed by atoms with Gasteiger partial charge in [0.05, 0.1) is 11.3 Å². The standard InChI is InChI=1S/C15H12F3NO3.C2H7N/c1-2-19-8-11(14(21)22)13(20)7-12(19)9-4-3-5-10(6-9)15(16,17)18;1-2-3/h3-8H,2H2,1H3,(H,21,22);2-3H2,1H3. The highest BCUT2D eigenvalue weighted by molar-refractivity contribution is 5.87. The second-order valence-electron chi connectivity index (χ2n) is 5.01. The van der Waals surface area contributed by atoms with Crippen LogP contribution < -0.4 is 11.2 Å². The zero-order valence-corrected chi connectivity index (χ0v) is 13.8. The van der Waals surface area contributed by atoms with Gasteiger partial charge in [0.15, 0.2) is 5.43 Å². The number of nitrogens with zero attached hydrogens (tertiary/aromatic N) is 1. The Hall–Kier alpha value is -2.61. The maximum atomic E-state index is 12.8. The van der Waals surface area contributed by atoms with Gasteiger partial charge < -0.3 is 15.4 Å². The molecule has 0 atom stereocenters. The maximum absolute atomic E-state index is 12.8. The van der Waals surface area contributed by atoms with Crippen LogP contribution in [0, 0.1) is 0 Å². The van der Waals surface area contributed by atoms with E-state index in [1.165, 1.54) is 16.7 Å². The van der Waals surface area contributed by atoms with E-state index in [2.05, 4.69) is 0 Å². The molecule has 0 saturated heterocycles. The third kappa shape index (κ3) is 5.18. The van der Waals surface area contributed by atoms with Crippen LogP contribution in [0.25, 0.3) is 11.3 Å². The number of aromatic nitrogens is 1. The summed E-state index contributed by atoms with van der Waals surface area (Å²) >= 11 is 0. The second kappa shape index (κ2) is 8.48. The minimum absolute atomic E-state index is 0.200. The van der Waals surface area contributed by atoms with Crippen LogP contribution >= 0.6 is 0 Å². The molecule has 0 saturated carbocycles. The predicted molar refractivity (Wildman–Crippen MR) is 88.5 cm³/mol. The lowest BCUT2D eigenvalue weighted by atomic mass is 10.1. The molecular formula is C17H19F3N2O3. The number of rotatable bonds is 3. The molecule has 136 valence electrons. The third-order valence-corrected chi connectivity index (χ3v) is 3.18. The van der Waals surface area contributed by atoms with Gasteiger partial charge in [-0.05, 0) is 31.2 Å². The number of hydrogen-bond acceptors (Lipinski definition) is 3. The van der Waals surface area contributed by atoms with E-state index in [1.807, 2.05) is 6.92 Å². The van der Waals surface area contributed by atoms with E-state index < -0.39 is 28.7 Å². The molecule has 0 fully saturated rings. The molecular weight excluding hydrogens is 337 g/mol. The first-order valence-electron chi connectivity index (χ1n) is 7.51. The maximum Gasteiger partial charge on any atom is 0.416 e. The van der Waals surface area contributed by atoms with Gasteiger partial charge in [0.2, 0.25) is 0 Å². The van der Waals surface area contributed by atoms with E-state index in [9.17, 15) is 22.8 Å². The number of pyridine rings is 1. The molecule has 1 aromatic carbocycles. The average Bonchev–Trinajstić information content (AvgIpc) is 2.54. The lowest BCUT2D eigenvalue weighted by Crippen LogP contribution is -2.18. The Morgan fingerprint density at radius 1 is 1.24 bits per heavy atom. The number of nitrogens with two attached hydrogens (primary N) is 1. The summed E-state index contributed by atoms with van der Waals surface area (Å²) in [5, 5.41) is 8.94. The van der Waals surface area contributed by atoms with Gasteiger partial charge in [-0.25, -0.2) is 4.79 Å². The number of carboxylic acid groups (broad SMARTS) is 1. The predicted octanol–water partition coefficient (Wildman–Crippen LogP) is 3.22. The molecule has 0 aliphatic heterocycles. The lowest BCUT2D eigenvalue weighted by molar-refractivity contribution is -0.137. The van der Waals surface area contributed by atoms with Crippen molar-refractivity contribution in [1.29, 1.82) is 0 Å². The Morgan fingerprint density at radius 3 is 2.32 bits per heavy atom. The van der Waals surface area contributed by atoms with Crippen LogP contribution in [0.2, 0.25) is 0 Å². The van der Waals surface area contributed by atoms with Crippen molar-refractivity contribution in [3.05, 3.63) is 57.9 Å². The Kier molecular flexibility index (Phi) is 6.93. The van der Waals surface area contributed by atoms with E-state index in [-0.39, 0.29) is 11.3 Å². The molecule has 2 rings (SSSR count). The van der Waals surface area contributed by atoms with Crippen LogP contribution in [0.15, 0.2) is 41.3 Å². The zero-order chi connectivity index (χ0) is 19.2. The van der Waals surface area contributed by atoms with E-state index in [4.69, 9.17) is 10.8 Å². The molecule has 0 unspecified atom stereocenters. The Balaban J connectivity index is 0.000000970. The fourth-order valence-electron chi connectivity index (χ4n) is 2.10. The Bertz CT molecular complexity index is 798. The number of aryl methyl sites for hydroxylation is 1. The number of carbonyl (C=O) groups is 1. The molecule has 1 aromatic heterocycles. The van der Waals surface area contributed by atoms with E-state index in [0.717, 1.165) is 30.9 Å². The number of carboxylic acids is 1. The normalized spacial score (nSPS) is 10.8. The summed E-state index contributed by atoms with van der Waals surface area (Å²) in [7, 11) is 0. The molecule has 1 heterocycles. The van der Waals surface area contributed by atoms with Crippen LogP contribution in [-0.4, -0.2) is 22.2 Å². The molecule has 5 nitrogen and oxygen atoms in total. The molecule has 0 bridgehead atoms. The molecule has 0 amide bonds. The largest absolute Gasteiger partial charge is 0.477 e. The van der Waals surface area contributed by atoms with Crippen molar-refractivity contribution in [2.45, 2.75) is 26.6 Å². The van der Waals surface area contributed by atoms with Gasteiger partial charge in [-0.15, -0.1) is 0 Å². The van der Waals surface area contributed by atoms with Crippen molar-refractivity contribution in [1.82, 2.24) is 4.57 Å². The van der Waals surface area contributed by atoms with Crippen LogP contribution in [0.1, 0.15) is 29.8 Å². The quantitative estimate of drug-likeness (QED) is 0.884. The highest BCUT2D eigenvalue weighted by atomic mass is 19.4. The molecule has 0 aliphatic carbocycles. The number of aromatic carboxylic acids is 1. The van der Waals surface area contributed by atoms with Crippen molar-refractivity contribution >= 4 is 5.97 Å². The summed E-state index contributed by atoms with van der Waals surface area (Å²) in [6.07, 6.45) is -3.35. The molecule has 2 aromatic rings. The molecule has 0 spiro atoms. The smallest absolute Gasteiger partial charge is 0.416 e. The van der Waals surface area contributed by atoms with Gasteiger partial charge in [0, 0.05) is 18.8 Å². The van der Waals surface area contributed by atoms with Crippen molar-refractivity contribution in [2.24, 2.45) is 5.73 Å². The van der Waals surface area contributed by atoms with Gasteiger partial charge >= 0.3 is 12.1 Å². The average molecular weight is 356 g/mol. The van der Waals surface area contributed by atoms with E-state index in [0.29, 0.717) is 6.54 Å². The number of alkyl halides is 3. The summed E-state index contributed by atoms with van der Waals surface area (Å²) in [4.78, 5) is 22.7. The van der Waals surface area contributed by atoms with Gasteiger partial charge in [0.25, 0.3) is 0 Å². The lowest BCUT2D eigenvalue weighted by Gasteiger charge is -2.14. The van der Waals surface area contributed by atoms with Gasteiger partial charge in [-0.2, -0.15) is 13.2 Å². The van der Waals surface area contributed by atoms with Gasteiger partial charge in [-0.1, -0.05) is 19.1 Å². The van der Waals surface area contributed by atoms with Crippen LogP contribution in [0.4, 0.5) is 13.2 Å². The highest BCUT2D eigenvalue weighted by Gasteiger charge is 2.30. The summed E-state index contributed by atoms with van der Waals surface area (Å²) in [5.41, 5.74) is 3.29. The van der Waals surface area contributed by atoms with Crippen LogP contribution in [0.5, 0.6) is 0 Å². The van der Waals surface area contributed by atoms with Crippen molar-refractivity contribution in [2.75, 3.05) is 6.54 Å². The zero-order valence-electron chi connectivity index (χ0n) is 13.8. The van der Waals surface area contributed by atoms with Crippen LogP contribution in [-0.2, 0) is 12.7 Å². The summed E-state index contributed by atoms with van der Waals surface area (Å²) in [6.45, 7) is 4.67. The minimum atomic E-state index is -4.49. The first kappa shape index (κ1) is 20.4. The fourth-order valence-corrected chi connectivity index (χ4v) is 2.10. The third-order valence-electron chi connectivity index (χ3n) is 3.18. The Labute approximate surface area is 142 Å². The van der Waals surface area contributed by atoms with E-state index in [1.54, 1.807) is 6.92 Å². The summed E-state index contributed by atoms with van der Waals surface area (Å²) in [5.74, 6) is -1.37. The topological polar surface area (TPSA) is 85.3 Å². The highest BCUT2D eigenvalue weighted by Crippen LogP contribution is 2.32. The van der Waals surface area contributed by atoms with Crippen molar-refractivity contribution in [3.8, 4) is 11.3 Å². The second-order valence-corrected chi connectivity index (χ2v) is 5.01. The van der Waals surface area contributed by atoms with E-state index >= 15 is 0 Å². The number of hydrogen-bond donors (Lipinski definition) is 2. The molecule has 0 radical (unpaired) electrons. The number of benzene rings is 1. The molecule has 25 heavy (non-hydrogen) atoms. The summed E-state index contributed by atoms with van der Waals surface area (Å²) < 4.78 is 39.7. The molecule has 0 aliphatic rings. The van der Waals surface area contributed by atoms with Gasteiger partial charge in [-0.3, -0.25) is 4.79 Å². The first-order valence-corrected chi connectivity index (χ1v) is 7.51. The Morgan fingerprint density at radius 2 is 1.84 bits per heavy atom.